The summed E-state index contributed by atoms with van der Waals surface area (Å²) in [5, 5.41) is 9.14. The van der Waals surface area contributed by atoms with Crippen LogP contribution in [0.3, 0.4) is 0 Å². The highest BCUT2D eigenvalue weighted by atomic mass is 16.5. The van der Waals surface area contributed by atoms with Crippen molar-refractivity contribution >= 4 is 17.3 Å². The first kappa shape index (κ1) is 22.3. The van der Waals surface area contributed by atoms with Crippen LogP contribution >= 0.6 is 0 Å². The molecule has 0 saturated heterocycles. The molecule has 2 rings (SSSR count). The van der Waals surface area contributed by atoms with Crippen molar-refractivity contribution in [2.45, 2.75) is 40.2 Å². The van der Waals surface area contributed by atoms with Gasteiger partial charge in [-0.2, -0.15) is 5.26 Å². The van der Waals surface area contributed by atoms with Crippen molar-refractivity contribution in [1.29, 1.82) is 5.26 Å². The van der Waals surface area contributed by atoms with Gasteiger partial charge in [0.05, 0.1) is 29.3 Å². The lowest BCUT2D eigenvalue weighted by molar-refractivity contribution is -0.148. The van der Waals surface area contributed by atoms with E-state index in [0.29, 0.717) is 18.2 Å². The number of nitrogen functional groups attached to an aromatic ring is 1. The van der Waals surface area contributed by atoms with Crippen LogP contribution in [0.1, 0.15) is 44.7 Å². The van der Waals surface area contributed by atoms with Crippen LogP contribution in [0.15, 0.2) is 48.5 Å². The monoisotopic (exact) mass is 393 g/mol. The summed E-state index contributed by atoms with van der Waals surface area (Å²) in [6, 6.07) is 17.6. The maximum Gasteiger partial charge on any atom is 0.310 e. The Hall–Kier alpha value is -3.00. The van der Waals surface area contributed by atoms with Crippen molar-refractivity contribution in [1.82, 2.24) is 0 Å². The molecule has 154 valence electrons. The first-order valence-electron chi connectivity index (χ1n) is 10.1. The molecular weight excluding hydrogens is 362 g/mol. The Morgan fingerprint density at radius 3 is 2.38 bits per heavy atom. The van der Waals surface area contributed by atoms with Crippen LogP contribution in [0.5, 0.6) is 0 Å². The fraction of sp³-hybridized carbons (Fsp3) is 0.417. The molecule has 2 atom stereocenters. The number of nitriles is 1. The zero-order valence-electron chi connectivity index (χ0n) is 17.8. The molecule has 0 aromatic heterocycles. The highest BCUT2D eigenvalue weighted by Crippen LogP contribution is 2.29. The lowest BCUT2D eigenvalue weighted by Crippen LogP contribution is -2.35. The molecule has 0 fully saturated rings. The van der Waals surface area contributed by atoms with Gasteiger partial charge in [-0.25, -0.2) is 0 Å². The van der Waals surface area contributed by atoms with Crippen molar-refractivity contribution in [3.8, 4) is 6.07 Å². The summed E-state index contributed by atoms with van der Waals surface area (Å²) >= 11 is 0. The number of nitrogens with two attached hydrogens (primary N) is 1. The van der Waals surface area contributed by atoms with Crippen molar-refractivity contribution < 1.29 is 9.53 Å². The number of anilines is 2. The molecule has 0 heterocycles. The van der Waals surface area contributed by atoms with Crippen LogP contribution in [0.4, 0.5) is 11.4 Å². The third-order valence-corrected chi connectivity index (χ3v) is 4.79. The van der Waals surface area contributed by atoms with E-state index in [9.17, 15) is 4.79 Å². The largest absolute Gasteiger partial charge is 0.461 e. The number of ether oxygens (including phenoxy) is 1. The normalized spacial score (nSPS) is 12.8. The molecule has 0 aliphatic carbocycles. The van der Waals surface area contributed by atoms with Crippen LogP contribution in [0, 0.1) is 23.2 Å². The predicted octanol–water partition coefficient (Wildman–Crippen LogP) is 4.74. The molecule has 2 N–H and O–H groups in total. The number of hydrogen-bond donors (Lipinski definition) is 1. The van der Waals surface area contributed by atoms with Gasteiger partial charge in [0.1, 0.15) is 6.61 Å². The molecule has 0 amide bonds. The predicted molar refractivity (Wildman–Crippen MR) is 117 cm³/mol. The Morgan fingerprint density at radius 2 is 1.79 bits per heavy atom. The van der Waals surface area contributed by atoms with Gasteiger partial charge in [-0.05, 0) is 36.1 Å². The highest BCUT2D eigenvalue weighted by molar-refractivity contribution is 5.74. The molecule has 2 aromatic carbocycles. The summed E-state index contributed by atoms with van der Waals surface area (Å²) < 4.78 is 5.49. The Kier molecular flexibility index (Phi) is 8.09. The summed E-state index contributed by atoms with van der Waals surface area (Å²) in [4.78, 5) is 14.7. The van der Waals surface area contributed by atoms with Gasteiger partial charge in [0.2, 0.25) is 0 Å². The summed E-state index contributed by atoms with van der Waals surface area (Å²) in [5.41, 5.74) is 9.68. The zero-order valence-corrected chi connectivity index (χ0v) is 17.8. The van der Waals surface area contributed by atoms with E-state index in [0.717, 1.165) is 23.4 Å². The third kappa shape index (κ3) is 6.53. The number of hydrogen-bond acceptors (Lipinski definition) is 5. The van der Waals surface area contributed by atoms with Gasteiger partial charge in [-0.15, -0.1) is 0 Å². The molecule has 2 unspecified atom stereocenters. The van der Waals surface area contributed by atoms with Gasteiger partial charge in [0, 0.05) is 13.1 Å². The molecule has 29 heavy (non-hydrogen) atoms. The molecule has 0 aliphatic rings. The van der Waals surface area contributed by atoms with Gasteiger partial charge in [0.25, 0.3) is 0 Å². The number of benzene rings is 2. The smallest absolute Gasteiger partial charge is 0.310 e. The fourth-order valence-corrected chi connectivity index (χ4v) is 3.19. The van der Waals surface area contributed by atoms with Crippen LogP contribution in [0.25, 0.3) is 0 Å². The average Bonchev–Trinajstić information content (AvgIpc) is 2.71. The van der Waals surface area contributed by atoms with E-state index in [-0.39, 0.29) is 24.4 Å². The lowest BCUT2D eigenvalue weighted by Gasteiger charge is -2.30. The van der Waals surface area contributed by atoms with Crippen molar-refractivity contribution in [2.24, 2.45) is 11.8 Å². The molecule has 0 saturated carbocycles. The minimum atomic E-state index is -0.297. The Morgan fingerprint density at radius 1 is 1.10 bits per heavy atom. The minimum Gasteiger partial charge on any atom is -0.461 e. The molecular formula is C24H31N3O2. The topological polar surface area (TPSA) is 79.3 Å². The molecule has 0 bridgehead atoms. The zero-order chi connectivity index (χ0) is 21.4. The quantitative estimate of drug-likeness (QED) is 0.492. The minimum absolute atomic E-state index is 0.211. The Balaban J connectivity index is 2.09. The van der Waals surface area contributed by atoms with Crippen LogP contribution in [0.2, 0.25) is 0 Å². The highest BCUT2D eigenvalue weighted by Gasteiger charge is 2.21. The number of carbonyl (C=O) groups excluding carboxylic acids is 1. The van der Waals surface area contributed by atoms with E-state index in [1.165, 1.54) is 0 Å². The van der Waals surface area contributed by atoms with E-state index in [1.54, 1.807) is 0 Å². The van der Waals surface area contributed by atoms with E-state index in [2.05, 4.69) is 24.8 Å². The maximum absolute atomic E-state index is 12.5. The van der Waals surface area contributed by atoms with Gasteiger partial charge < -0.3 is 15.4 Å². The van der Waals surface area contributed by atoms with Crippen LogP contribution < -0.4 is 10.6 Å². The van der Waals surface area contributed by atoms with E-state index in [4.69, 9.17) is 15.7 Å². The van der Waals surface area contributed by atoms with Gasteiger partial charge in [-0.1, -0.05) is 57.2 Å². The SMILES string of the molecule is CC(C)CN(CC(C)C(=O)OCc1ccccc1)c1ccc(C(C)C#N)cc1N. The maximum atomic E-state index is 12.5. The van der Waals surface area contributed by atoms with Crippen LogP contribution in [-0.2, 0) is 16.1 Å². The second kappa shape index (κ2) is 10.5. The first-order chi connectivity index (χ1) is 13.8. The van der Waals surface area contributed by atoms with Gasteiger partial charge in [0.15, 0.2) is 0 Å². The van der Waals surface area contributed by atoms with Crippen LogP contribution in [-0.4, -0.2) is 19.1 Å². The number of nitrogens with zero attached hydrogens (tertiary/aromatic N) is 2. The van der Waals surface area contributed by atoms with Crippen molar-refractivity contribution in [3.63, 3.8) is 0 Å². The van der Waals surface area contributed by atoms with Crippen molar-refractivity contribution in [2.75, 3.05) is 23.7 Å². The number of rotatable bonds is 9. The Labute approximate surface area is 174 Å². The van der Waals surface area contributed by atoms with E-state index >= 15 is 0 Å². The lowest BCUT2D eigenvalue weighted by atomic mass is 10.0. The summed E-state index contributed by atoms with van der Waals surface area (Å²) in [5.74, 6) is -0.332. The molecule has 5 heteroatoms. The standard InChI is InChI=1S/C24H31N3O2/c1-17(2)14-27(23-11-10-21(12-22(23)26)18(3)13-25)15-19(4)24(28)29-16-20-8-6-5-7-9-20/h5-12,17-19H,14-16,26H2,1-4H3. The summed E-state index contributed by atoms with van der Waals surface area (Å²) in [6.07, 6.45) is 0. The second-order valence-corrected chi connectivity index (χ2v) is 7.96. The molecule has 0 aliphatic heterocycles. The van der Waals surface area contributed by atoms with Gasteiger partial charge in [-0.3, -0.25) is 4.79 Å². The summed E-state index contributed by atoms with van der Waals surface area (Å²) in [7, 11) is 0. The second-order valence-electron chi connectivity index (χ2n) is 7.96. The number of esters is 1. The Bertz CT molecular complexity index is 843. The molecule has 0 spiro atoms. The number of carbonyl (C=O) groups is 1. The van der Waals surface area contributed by atoms with Crippen molar-refractivity contribution in [3.05, 3.63) is 59.7 Å². The third-order valence-electron chi connectivity index (χ3n) is 4.79. The van der Waals surface area contributed by atoms with Gasteiger partial charge >= 0.3 is 5.97 Å². The average molecular weight is 394 g/mol. The van der Waals surface area contributed by atoms with E-state index in [1.807, 2.05) is 62.4 Å². The molecule has 0 radical (unpaired) electrons. The molecule has 2 aromatic rings. The van der Waals surface area contributed by atoms with E-state index < -0.39 is 0 Å². The fourth-order valence-electron chi connectivity index (χ4n) is 3.19. The molecule has 5 nitrogen and oxygen atoms in total. The summed E-state index contributed by atoms with van der Waals surface area (Å²) in [6.45, 7) is 9.56. The first-order valence-corrected chi connectivity index (χ1v) is 10.1.